The molecule has 3 aliphatic rings. The maximum absolute atomic E-state index is 11.8. The van der Waals surface area contributed by atoms with Crippen LogP contribution < -0.4 is 10.6 Å². The van der Waals surface area contributed by atoms with Crippen molar-refractivity contribution in [1.29, 1.82) is 0 Å². The van der Waals surface area contributed by atoms with Crippen molar-refractivity contribution in [2.75, 3.05) is 26.2 Å². The van der Waals surface area contributed by atoms with Crippen molar-refractivity contribution in [3.63, 3.8) is 0 Å². The number of carbonyl (C=O) groups is 1. The maximum atomic E-state index is 11.8. The molecule has 4 heteroatoms. The molecule has 4 nitrogen and oxygen atoms in total. The highest BCUT2D eigenvalue weighted by molar-refractivity contribution is 5.76. The van der Waals surface area contributed by atoms with E-state index < -0.39 is 0 Å². The summed E-state index contributed by atoms with van der Waals surface area (Å²) in [5.74, 6) is 0.853. The molecule has 0 spiro atoms. The number of amides is 1. The van der Waals surface area contributed by atoms with Crippen LogP contribution in [0.15, 0.2) is 0 Å². The van der Waals surface area contributed by atoms with Gasteiger partial charge in [0.25, 0.3) is 0 Å². The lowest BCUT2D eigenvalue weighted by Crippen LogP contribution is -2.47. The van der Waals surface area contributed by atoms with Gasteiger partial charge in [0.1, 0.15) is 0 Å². The first-order valence-electron chi connectivity index (χ1n) is 6.57. The highest BCUT2D eigenvalue weighted by atomic mass is 16.1. The first-order valence-corrected chi connectivity index (χ1v) is 6.57. The Hall–Kier alpha value is -0.610. The lowest BCUT2D eigenvalue weighted by molar-refractivity contribution is -0.123. The zero-order chi connectivity index (χ0) is 11.0. The van der Waals surface area contributed by atoms with Gasteiger partial charge in [0.05, 0.1) is 0 Å². The average molecular weight is 223 g/mol. The Labute approximate surface area is 96.8 Å². The van der Waals surface area contributed by atoms with Crippen LogP contribution in [0, 0.1) is 5.92 Å². The molecule has 2 atom stereocenters. The second-order valence-electron chi connectivity index (χ2n) is 5.44. The van der Waals surface area contributed by atoms with Crippen LogP contribution in [-0.2, 0) is 4.79 Å². The third-order valence-electron chi connectivity index (χ3n) is 4.29. The first kappa shape index (κ1) is 10.5. The van der Waals surface area contributed by atoms with Crippen LogP contribution in [-0.4, -0.2) is 49.1 Å². The smallest absolute Gasteiger partial charge is 0.220 e. The van der Waals surface area contributed by atoms with Gasteiger partial charge in [0, 0.05) is 25.0 Å². The summed E-state index contributed by atoms with van der Waals surface area (Å²) in [6, 6.07) is 1.08. The highest BCUT2D eigenvalue weighted by Gasteiger charge is 2.37. The molecular formula is C12H21N3O. The molecule has 0 aliphatic carbocycles. The van der Waals surface area contributed by atoms with Gasteiger partial charge in [-0.3, -0.25) is 9.69 Å². The van der Waals surface area contributed by atoms with Gasteiger partial charge >= 0.3 is 0 Å². The summed E-state index contributed by atoms with van der Waals surface area (Å²) < 4.78 is 0. The molecule has 0 bridgehead atoms. The molecule has 3 fully saturated rings. The summed E-state index contributed by atoms with van der Waals surface area (Å²) in [6.07, 6.45) is 4.45. The number of nitrogens with zero attached hydrogens (tertiary/aromatic N) is 1. The van der Waals surface area contributed by atoms with E-state index in [-0.39, 0.29) is 5.91 Å². The fourth-order valence-electron chi connectivity index (χ4n) is 3.27. The summed E-state index contributed by atoms with van der Waals surface area (Å²) >= 11 is 0. The molecule has 0 aromatic carbocycles. The van der Waals surface area contributed by atoms with Gasteiger partial charge in [-0.05, 0) is 44.8 Å². The fraction of sp³-hybridized carbons (Fsp3) is 0.917. The molecule has 0 aromatic rings. The van der Waals surface area contributed by atoms with Crippen molar-refractivity contribution >= 4 is 5.91 Å². The molecule has 0 saturated carbocycles. The standard InChI is InChI=1S/C12H21N3O/c16-12(6-9-7-13-8-9)14-10-3-5-15-4-1-2-11(10)15/h9-11,13H,1-8H2,(H,14,16). The zero-order valence-electron chi connectivity index (χ0n) is 9.74. The molecular weight excluding hydrogens is 202 g/mol. The highest BCUT2D eigenvalue weighted by Crippen LogP contribution is 2.28. The molecule has 3 saturated heterocycles. The van der Waals surface area contributed by atoms with Gasteiger partial charge in [-0.25, -0.2) is 0 Å². The average Bonchev–Trinajstić information content (AvgIpc) is 2.76. The Morgan fingerprint density at radius 2 is 2.19 bits per heavy atom. The van der Waals surface area contributed by atoms with E-state index in [9.17, 15) is 4.79 Å². The summed E-state index contributed by atoms with van der Waals surface area (Å²) in [6.45, 7) is 4.46. The third kappa shape index (κ3) is 1.96. The van der Waals surface area contributed by atoms with E-state index in [4.69, 9.17) is 0 Å². The first-order chi connectivity index (χ1) is 7.83. The largest absolute Gasteiger partial charge is 0.352 e. The Kier molecular flexibility index (Phi) is 2.86. The van der Waals surface area contributed by atoms with Crippen molar-refractivity contribution in [2.45, 2.75) is 37.8 Å². The summed E-state index contributed by atoms with van der Waals surface area (Å²) in [5.41, 5.74) is 0. The fourth-order valence-corrected chi connectivity index (χ4v) is 3.27. The predicted molar refractivity (Wildman–Crippen MR) is 62.1 cm³/mol. The number of fused-ring (bicyclic) bond motifs is 1. The van der Waals surface area contributed by atoms with Gasteiger partial charge in [-0.15, -0.1) is 0 Å². The molecule has 2 N–H and O–H groups in total. The molecule has 3 heterocycles. The van der Waals surface area contributed by atoms with Gasteiger partial charge in [-0.1, -0.05) is 0 Å². The van der Waals surface area contributed by atoms with E-state index in [1.165, 1.54) is 25.9 Å². The quantitative estimate of drug-likeness (QED) is 0.705. The number of rotatable bonds is 3. The summed E-state index contributed by atoms with van der Waals surface area (Å²) in [5, 5.41) is 6.45. The van der Waals surface area contributed by atoms with Crippen LogP contribution in [0.3, 0.4) is 0 Å². The van der Waals surface area contributed by atoms with E-state index in [0.717, 1.165) is 25.9 Å². The third-order valence-corrected chi connectivity index (χ3v) is 4.29. The van der Waals surface area contributed by atoms with E-state index in [2.05, 4.69) is 15.5 Å². The van der Waals surface area contributed by atoms with Crippen molar-refractivity contribution in [3.05, 3.63) is 0 Å². The SMILES string of the molecule is O=C(CC1CNC1)NC1CCN2CCCC12. The lowest BCUT2D eigenvalue weighted by atomic mass is 9.98. The normalized spacial score (nSPS) is 34.8. The molecule has 0 aromatic heterocycles. The van der Waals surface area contributed by atoms with Crippen LogP contribution in [0.4, 0.5) is 0 Å². The van der Waals surface area contributed by atoms with Crippen molar-refractivity contribution in [1.82, 2.24) is 15.5 Å². The lowest BCUT2D eigenvalue weighted by Gasteiger charge is -2.28. The second-order valence-corrected chi connectivity index (χ2v) is 5.44. The Balaban J connectivity index is 1.48. The summed E-state index contributed by atoms with van der Waals surface area (Å²) in [7, 11) is 0. The summed E-state index contributed by atoms with van der Waals surface area (Å²) in [4.78, 5) is 14.4. The number of carbonyl (C=O) groups excluding carboxylic acids is 1. The predicted octanol–water partition coefficient (Wildman–Crippen LogP) is -0.0512. The van der Waals surface area contributed by atoms with Crippen LogP contribution in [0.25, 0.3) is 0 Å². The van der Waals surface area contributed by atoms with Gasteiger partial charge in [0.15, 0.2) is 0 Å². The number of hydrogen-bond acceptors (Lipinski definition) is 3. The number of nitrogens with one attached hydrogen (secondary N) is 2. The van der Waals surface area contributed by atoms with E-state index >= 15 is 0 Å². The zero-order valence-corrected chi connectivity index (χ0v) is 9.74. The molecule has 0 radical (unpaired) electrons. The minimum atomic E-state index is 0.269. The Morgan fingerprint density at radius 1 is 1.31 bits per heavy atom. The molecule has 3 aliphatic heterocycles. The molecule has 90 valence electrons. The van der Waals surface area contributed by atoms with Crippen LogP contribution in [0.1, 0.15) is 25.7 Å². The second kappa shape index (κ2) is 4.34. The minimum absolute atomic E-state index is 0.269. The van der Waals surface area contributed by atoms with Crippen molar-refractivity contribution < 1.29 is 4.79 Å². The number of hydrogen-bond donors (Lipinski definition) is 2. The molecule has 3 rings (SSSR count). The van der Waals surface area contributed by atoms with Gasteiger partial charge in [0.2, 0.25) is 5.91 Å². The molecule has 2 unspecified atom stereocenters. The van der Waals surface area contributed by atoms with E-state index in [1.807, 2.05) is 0 Å². The van der Waals surface area contributed by atoms with Crippen LogP contribution >= 0.6 is 0 Å². The Morgan fingerprint density at radius 3 is 2.94 bits per heavy atom. The molecule has 1 amide bonds. The van der Waals surface area contributed by atoms with Gasteiger partial charge < -0.3 is 10.6 Å². The van der Waals surface area contributed by atoms with E-state index in [1.54, 1.807) is 0 Å². The minimum Gasteiger partial charge on any atom is -0.352 e. The van der Waals surface area contributed by atoms with Crippen LogP contribution in [0.2, 0.25) is 0 Å². The van der Waals surface area contributed by atoms with Gasteiger partial charge in [-0.2, -0.15) is 0 Å². The van der Waals surface area contributed by atoms with E-state index in [0.29, 0.717) is 18.0 Å². The maximum Gasteiger partial charge on any atom is 0.220 e. The monoisotopic (exact) mass is 223 g/mol. The van der Waals surface area contributed by atoms with Crippen molar-refractivity contribution in [2.24, 2.45) is 5.92 Å². The molecule has 16 heavy (non-hydrogen) atoms. The topological polar surface area (TPSA) is 44.4 Å². The van der Waals surface area contributed by atoms with Crippen LogP contribution in [0.5, 0.6) is 0 Å². The Bertz CT molecular complexity index is 277. The van der Waals surface area contributed by atoms with Crippen molar-refractivity contribution in [3.8, 4) is 0 Å².